The summed E-state index contributed by atoms with van der Waals surface area (Å²) in [6.07, 6.45) is -16.7. The van der Waals surface area contributed by atoms with Crippen LogP contribution in [-0.2, 0) is 79.6 Å². The number of aromatic nitrogens is 4. The first kappa shape index (κ1) is 44.4. The topological polar surface area (TPSA) is 362 Å². The van der Waals surface area contributed by atoms with Crippen molar-refractivity contribution in [3.63, 3.8) is 0 Å². The first-order chi connectivity index (χ1) is 25.9. The van der Waals surface area contributed by atoms with Crippen LogP contribution < -0.4 is 5.73 Å². The molecule has 26 nitrogen and oxygen atoms in total. The van der Waals surface area contributed by atoms with E-state index in [1.807, 2.05) is 0 Å². The number of aliphatic hydroxyl groups excluding tert-OH is 2. The van der Waals surface area contributed by atoms with Crippen LogP contribution in [0.5, 0.6) is 0 Å². The van der Waals surface area contributed by atoms with Gasteiger partial charge in [-0.15, -0.1) is 0 Å². The number of rotatable bonds is 15. The predicted octanol–water partition coefficient (Wildman–Crippen LogP) is -1.41. The molecule has 12 atom stereocenters. The van der Waals surface area contributed by atoms with Crippen LogP contribution in [0, 0.1) is 0 Å². The number of hydrogen-bond donors (Lipinski definition) is 5. The fourth-order valence-electron chi connectivity index (χ4n) is 5.42. The van der Waals surface area contributed by atoms with Crippen LogP contribution in [0.15, 0.2) is 12.7 Å². The first-order valence-electron chi connectivity index (χ1n) is 15.8. The fourth-order valence-corrected chi connectivity index (χ4v) is 7.58. The van der Waals surface area contributed by atoms with Crippen LogP contribution in [0.4, 0.5) is 10.2 Å². The lowest BCUT2D eigenvalue weighted by atomic mass is 9.94. The molecule has 5 unspecified atom stereocenters. The Morgan fingerprint density at radius 2 is 1.52 bits per heavy atom. The van der Waals surface area contributed by atoms with Crippen LogP contribution in [-0.4, -0.2) is 137 Å². The molecule has 0 aliphatic carbocycles. The number of aliphatic hydroxyl groups is 2. The standard InChI is InChI=1S/C27H36FN5O21P2/c1-10(34)45-6-15(47-11(2)35)18-19(48-12(3)36)20(49-13(4)37)21(50-14(5)38)26(51-18)53-56(43,44)54-55(41,42)46-7-27(28)22(40)17(39)25(52-27)33-9-32-16-23(29)30-8-31-24(16)33/h8-9,15,17-22,25-26,39-40H,6-7H2,1-5H3,(H,41,42)(H,43,44)(H2,29,30,31)/t15-,17+,18?,19-,20+,21?,22?,25-,26+,27-/m1/s1. The van der Waals surface area contributed by atoms with Gasteiger partial charge in [-0.25, -0.2) is 28.5 Å². The quantitative estimate of drug-likeness (QED) is 0.0781. The third-order valence-corrected chi connectivity index (χ3v) is 10.1. The minimum atomic E-state index is -6.09. The number of fused-ring (bicyclic) bond motifs is 1. The number of nitrogens with two attached hydrogens (primary N) is 1. The molecular formula is C27H36FN5O21P2. The summed E-state index contributed by atoms with van der Waals surface area (Å²) in [6, 6.07) is 0. The summed E-state index contributed by atoms with van der Waals surface area (Å²) in [5, 5.41) is 21.0. The summed E-state index contributed by atoms with van der Waals surface area (Å²) in [4.78, 5) is 92.6. The van der Waals surface area contributed by atoms with Gasteiger partial charge in [-0.3, -0.25) is 37.6 Å². The number of carbonyl (C=O) groups is 5. The molecule has 2 aromatic heterocycles. The van der Waals surface area contributed by atoms with Crippen molar-refractivity contribution < 1.29 is 104 Å². The van der Waals surface area contributed by atoms with E-state index in [1.54, 1.807) is 0 Å². The lowest BCUT2D eigenvalue weighted by Gasteiger charge is -2.45. The number of carbonyl (C=O) groups excluding carboxylic acids is 5. The largest absolute Gasteiger partial charge is 0.483 e. The van der Waals surface area contributed by atoms with E-state index in [0.29, 0.717) is 0 Å². The first-order valence-corrected chi connectivity index (χ1v) is 18.8. The predicted molar refractivity (Wildman–Crippen MR) is 171 cm³/mol. The third kappa shape index (κ3) is 10.8. The van der Waals surface area contributed by atoms with Gasteiger partial charge in [0.05, 0.1) is 6.33 Å². The van der Waals surface area contributed by atoms with E-state index < -0.39 is 120 Å². The second kappa shape index (κ2) is 17.5. The fraction of sp³-hybridized carbons (Fsp3) is 0.630. The monoisotopic (exact) mass is 847 g/mol. The van der Waals surface area contributed by atoms with Crippen molar-refractivity contribution in [3.8, 4) is 0 Å². The van der Waals surface area contributed by atoms with E-state index in [4.69, 9.17) is 43.4 Å². The van der Waals surface area contributed by atoms with Gasteiger partial charge in [-0.1, -0.05) is 0 Å². The Balaban J connectivity index is 1.59. The average Bonchev–Trinajstić information content (AvgIpc) is 3.59. The van der Waals surface area contributed by atoms with Gasteiger partial charge < -0.3 is 58.9 Å². The highest BCUT2D eigenvalue weighted by atomic mass is 31.3. The normalized spacial score (nSPS) is 30.3. The molecule has 0 bridgehead atoms. The van der Waals surface area contributed by atoms with Gasteiger partial charge in [0.1, 0.15) is 43.4 Å². The number of phosphoric ester groups is 2. The van der Waals surface area contributed by atoms with E-state index in [0.717, 1.165) is 51.8 Å². The number of esters is 5. The maximum absolute atomic E-state index is 15.9. The molecule has 4 heterocycles. The summed E-state index contributed by atoms with van der Waals surface area (Å²) in [6.45, 7) is 1.83. The summed E-state index contributed by atoms with van der Waals surface area (Å²) >= 11 is 0. The van der Waals surface area contributed by atoms with E-state index in [-0.39, 0.29) is 17.0 Å². The molecule has 2 aliphatic heterocycles. The number of halogens is 1. The molecule has 0 spiro atoms. The van der Waals surface area contributed by atoms with Gasteiger partial charge in [0.25, 0.3) is 5.85 Å². The van der Waals surface area contributed by atoms with Crippen molar-refractivity contribution in [2.75, 3.05) is 18.9 Å². The molecular weight excluding hydrogens is 811 g/mol. The molecule has 0 aromatic carbocycles. The highest BCUT2D eigenvalue weighted by Crippen LogP contribution is 2.62. The van der Waals surface area contributed by atoms with Crippen LogP contribution in [0.25, 0.3) is 11.2 Å². The van der Waals surface area contributed by atoms with Crippen molar-refractivity contribution >= 4 is 62.5 Å². The van der Waals surface area contributed by atoms with Crippen LogP contribution >= 0.6 is 15.6 Å². The van der Waals surface area contributed by atoms with E-state index in [2.05, 4.69) is 23.8 Å². The van der Waals surface area contributed by atoms with Gasteiger partial charge in [-0.05, 0) is 0 Å². The molecule has 29 heteroatoms. The number of phosphoric acid groups is 2. The number of nitrogens with zero attached hydrogens (tertiary/aromatic N) is 4. The smallest absolute Gasteiger partial charge is 0.462 e. The van der Waals surface area contributed by atoms with Gasteiger partial charge in [-0.2, -0.15) is 4.31 Å². The molecule has 4 rings (SSSR count). The molecule has 56 heavy (non-hydrogen) atoms. The molecule has 0 saturated carbocycles. The Bertz CT molecular complexity index is 1920. The zero-order chi connectivity index (χ0) is 41.9. The number of ether oxygens (including phenoxy) is 7. The number of imidazole rings is 1. The van der Waals surface area contributed by atoms with E-state index in [1.165, 1.54) is 0 Å². The number of anilines is 1. The van der Waals surface area contributed by atoms with Crippen molar-refractivity contribution in [1.82, 2.24) is 19.5 Å². The molecule has 2 fully saturated rings. The second-order valence-corrected chi connectivity index (χ2v) is 14.8. The number of alkyl halides is 1. The third-order valence-electron chi connectivity index (χ3n) is 7.47. The lowest BCUT2D eigenvalue weighted by molar-refractivity contribution is -0.301. The van der Waals surface area contributed by atoms with E-state index in [9.17, 15) is 53.1 Å². The molecule has 0 amide bonds. The Morgan fingerprint density at radius 1 is 0.911 bits per heavy atom. The number of hydrogen-bond acceptors (Lipinski definition) is 23. The van der Waals surface area contributed by atoms with Gasteiger partial charge >= 0.3 is 45.5 Å². The van der Waals surface area contributed by atoms with Crippen molar-refractivity contribution in [1.29, 1.82) is 0 Å². The summed E-state index contributed by atoms with van der Waals surface area (Å²) in [5.74, 6) is -8.97. The lowest BCUT2D eigenvalue weighted by Crippen LogP contribution is -2.65. The molecule has 2 saturated heterocycles. The summed E-state index contributed by atoms with van der Waals surface area (Å²) < 4.78 is 92.9. The van der Waals surface area contributed by atoms with Crippen molar-refractivity contribution in [2.24, 2.45) is 0 Å². The van der Waals surface area contributed by atoms with Crippen molar-refractivity contribution in [2.45, 2.75) is 95.7 Å². The zero-order valence-electron chi connectivity index (χ0n) is 29.6. The zero-order valence-corrected chi connectivity index (χ0v) is 31.4. The van der Waals surface area contributed by atoms with Crippen molar-refractivity contribution in [3.05, 3.63) is 12.7 Å². The molecule has 2 aromatic rings. The van der Waals surface area contributed by atoms with Gasteiger partial charge in [0, 0.05) is 34.6 Å². The maximum Gasteiger partial charge on any atom is 0.483 e. The molecule has 2 aliphatic rings. The minimum Gasteiger partial charge on any atom is -0.462 e. The Hall–Kier alpha value is -4.27. The van der Waals surface area contributed by atoms with E-state index >= 15 is 4.39 Å². The Labute approximate surface area is 313 Å². The molecule has 6 N–H and O–H groups in total. The van der Waals surface area contributed by atoms with Crippen LogP contribution in [0.2, 0.25) is 0 Å². The SMILES string of the molecule is CC(=O)OC[C@@H](OC(C)=O)C1O[C@@H](OP(=O)(O)OP(=O)(O)OC[C@@]2(F)O[C@@H](n3cnc4c(N)ncnc43)[C@@H](O)C2O)C(OC(C)=O)[C@@H](OC(C)=O)[C@@H]1OC(C)=O. The molecule has 0 radical (unpaired) electrons. The highest BCUT2D eigenvalue weighted by Gasteiger charge is 2.59. The number of nitrogen functional groups attached to an aromatic ring is 1. The minimum absolute atomic E-state index is 0.00827. The Morgan fingerprint density at radius 3 is 2.11 bits per heavy atom. The molecule has 312 valence electrons. The summed E-state index contributed by atoms with van der Waals surface area (Å²) in [5.41, 5.74) is 5.66. The van der Waals surface area contributed by atoms with Crippen LogP contribution in [0.1, 0.15) is 40.8 Å². The van der Waals surface area contributed by atoms with Gasteiger partial charge in [0.2, 0.25) is 6.29 Å². The second-order valence-electron chi connectivity index (χ2n) is 11.9. The van der Waals surface area contributed by atoms with Crippen LogP contribution in [0.3, 0.4) is 0 Å². The maximum atomic E-state index is 15.9. The van der Waals surface area contributed by atoms with Gasteiger partial charge in [0.15, 0.2) is 42.1 Å². The Kier molecular flexibility index (Phi) is 13.9. The highest BCUT2D eigenvalue weighted by molar-refractivity contribution is 7.61. The summed E-state index contributed by atoms with van der Waals surface area (Å²) in [7, 11) is -12.1. The average molecular weight is 848 g/mol.